The molecule has 0 amide bonds. The van der Waals surface area contributed by atoms with Crippen LogP contribution in [0.5, 0.6) is 0 Å². The Labute approximate surface area is 298 Å². The van der Waals surface area contributed by atoms with Crippen LogP contribution in [0.4, 0.5) is 0 Å². The molecule has 0 N–H and O–H groups in total. The van der Waals surface area contributed by atoms with E-state index < -0.39 is 0 Å². The Morgan fingerprint density at radius 1 is 0.449 bits per heavy atom. The number of hydrogen-bond acceptors (Lipinski definition) is 4. The second kappa shape index (κ2) is 28.6. The maximum Gasteiger partial charge on any atom is 0.331 e. The highest BCUT2D eigenvalue weighted by Gasteiger charge is 1.97. The molecule has 0 fully saturated rings. The molecule has 0 aromatic heterocycles. The predicted molar refractivity (Wildman–Crippen MR) is 212 cm³/mol. The summed E-state index contributed by atoms with van der Waals surface area (Å²) in [5.74, 6) is -0.715. The van der Waals surface area contributed by atoms with Crippen LogP contribution in [0.25, 0.3) is 0 Å². The molecule has 0 rings (SSSR count). The Hall–Kier alpha value is -4.44. The van der Waals surface area contributed by atoms with Crippen LogP contribution in [0.1, 0.15) is 101 Å². The monoisotopic (exact) mass is 666 g/mol. The Morgan fingerprint density at radius 2 is 0.837 bits per heavy atom. The van der Waals surface area contributed by atoms with Gasteiger partial charge < -0.3 is 9.47 Å². The van der Waals surface area contributed by atoms with Crippen LogP contribution in [0.3, 0.4) is 0 Å². The van der Waals surface area contributed by atoms with Crippen molar-refractivity contribution in [2.24, 2.45) is 0 Å². The lowest BCUT2D eigenvalue weighted by Gasteiger charge is -2.03. The average molecular weight is 667 g/mol. The molecule has 0 radical (unpaired) electrons. The lowest BCUT2D eigenvalue weighted by Crippen LogP contribution is -2.00. The molecule has 0 aliphatic carbocycles. The van der Waals surface area contributed by atoms with Crippen LogP contribution >= 0.6 is 0 Å². The molecule has 0 heterocycles. The normalized spacial score (nSPS) is 14.7. The maximum atomic E-state index is 12.1. The highest BCUT2D eigenvalue weighted by Crippen LogP contribution is 2.13. The summed E-state index contributed by atoms with van der Waals surface area (Å²) in [6.07, 6.45) is 41.6. The van der Waals surface area contributed by atoms with Gasteiger partial charge in [-0.2, -0.15) is 0 Å². The van der Waals surface area contributed by atoms with Crippen molar-refractivity contribution in [3.05, 3.63) is 154 Å². The molecule has 0 saturated heterocycles. The second-order valence-corrected chi connectivity index (χ2v) is 12.6. The van der Waals surface area contributed by atoms with E-state index in [-0.39, 0.29) is 18.5 Å². The largest absolute Gasteiger partial charge is 0.466 e. The van der Waals surface area contributed by atoms with Crippen molar-refractivity contribution in [2.75, 3.05) is 13.7 Å². The molecule has 266 valence electrons. The van der Waals surface area contributed by atoms with E-state index in [0.717, 1.165) is 60.8 Å². The highest BCUT2D eigenvalue weighted by atomic mass is 16.5. The lowest BCUT2D eigenvalue weighted by molar-refractivity contribution is -0.136. The fourth-order valence-electron chi connectivity index (χ4n) is 4.11. The van der Waals surface area contributed by atoms with Crippen LogP contribution in [0.2, 0.25) is 0 Å². The summed E-state index contributed by atoms with van der Waals surface area (Å²) in [4.78, 5) is 23.3. The second-order valence-electron chi connectivity index (χ2n) is 12.6. The van der Waals surface area contributed by atoms with Crippen molar-refractivity contribution in [3.63, 3.8) is 0 Å². The first-order valence-electron chi connectivity index (χ1n) is 17.2. The van der Waals surface area contributed by atoms with E-state index >= 15 is 0 Å². The van der Waals surface area contributed by atoms with Crippen molar-refractivity contribution in [3.8, 4) is 0 Å². The highest BCUT2D eigenvalue weighted by molar-refractivity contribution is 5.82. The maximum absolute atomic E-state index is 12.1. The molecular formula is C45H62O4. The summed E-state index contributed by atoms with van der Waals surface area (Å²) in [6.45, 7) is 19.0. The molecule has 0 spiro atoms. The fourth-order valence-corrected chi connectivity index (χ4v) is 4.11. The van der Waals surface area contributed by atoms with E-state index in [4.69, 9.17) is 4.74 Å². The minimum Gasteiger partial charge on any atom is -0.466 e. The molecule has 0 aliphatic heterocycles. The number of carbonyl (C=O) groups is 2. The van der Waals surface area contributed by atoms with E-state index in [1.165, 1.54) is 41.6 Å². The summed E-state index contributed by atoms with van der Waals surface area (Å²) in [7, 11) is 1.36. The number of rotatable bonds is 21. The molecule has 4 heteroatoms. The smallest absolute Gasteiger partial charge is 0.331 e. The molecule has 0 aromatic carbocycles. The molecule has 0 aromatic rings. The van der Waals surface area contributed by atoms with Gasteiger partial charge in [0.05, 0.1) is 7.11 Å². The molecule has 0 atom stereocenters. The summed E-state index contributed by atoms with van der Waals surface area (Å²) >= 11 is 0. The van der Waals surface area contributed by atoms with E-state index in [2.05, 4.69) is 57.6 Å². The third kappa shape index (κ3) is 29.4. The first kappa shape index (κ1) is 44.6. The van der Waals surface area contributed by atoms with E-state index in [9.17, 15) is 9.59 Å². The third-order valence-electron chi connectivity index (χ3n) is 7.24. The van der Waals surface area contributed by atoms with Gasteiger partial charge in [-0.25, -0.2) is 9.59 Å². The van der Waals surface area contributed by atoms with Gasteiger partial charge >= 0.3 is 11.9 Å². The Kier molecular flexibility index (Phi) is 26.0. The van der Waals surface area contributed by atoms with E-state index in [1.807, 2.05) is 94.5 Å². The zero-order chi connectivity index (χ0) is 36.9. The lowest BCUT2D eigenvalue weighted by atomic mass is 10.0. The Balaban J connectivity index is 4.55. The Bertz CT molecular complexity index is 1430. The number of methoxy groups -OCH3 is 1. The van der Waals surface area contributed by atoms with E-state index in [0.29, 0.717) is 0 Å². The van der Waals surface area contributed by atoms with Gasteiger partial charge in [0.15, 0.2) is 0 Å². The number of esters is 2. The molecule has 0 saturated carbocycles. The van der Waals surface area contributed by atoms with Crippen molar-refractivity contribution in [1.29, 1.82) is 0 Å². The van der Waals surface area contributed by atoms with Gasteiger partial charge in [0.25, 0.3) is 0 Å². The molecule has 49 heavy (non-hydrogen) atoms. The van der Waals surface area contributed by atoms with Crippen LogP contribution in [-0.4, -0.2) is 25.7 Å². The van der Waals surface area contributed by atoms with Gasteiger partial charge in [-0.3, -0.25) is 0 Å². The molecular weight excluding hydrogens is 604 g/mol. The fraction of sp³-hybridized carbons (Fsp3) is 0.378. The number of allylic oxidation sites excluding steroid dienone is 23. The SMILES string of the molecule is COC(=O)/C=C/C(C)=C/C=C/C(C)=C/C=C/C=C(C)/C=C/C=C(C)/C=C/C(=O)OC/C=C(\C)CC/C=C(\C)CC/C=C(\C)CCC=C(C)C. The van der Waals surface area contributed by atoms with Gasteiger partial charge in [-0.15, -0.1) is 0 Å². The first-order chi connectivity index (χ1) is 23.3. The quantitative estimate of drug-likeness (QED) is 0.0529. The minimum atomic E-state index is -0.369. The van der Waals surface area contributed by atoms with Crippen molar-refractivity contribution in [2.45, 2.75) is 101 Å². The standard InChI is InChI=1S/C45H62O4/c1-36(2)18-13-21-39(5)24-14-25-40(6)26-17-29-43(9)34-35-49-45(47)33-31-42(8)28-16-23-38(4)20-12-11-19-37(3)22-15-27-41(7)30-32-44(46)48-10/h11-12,15-16,18-20,22-24,26-28,30-34H,13-14,17,21,25,29,35H2,1-10H3/b12-11+,22-15+,23-16+,32-30+,33-31+,37-19+,38-20+,39-24+,40-26+,41-27+,42-28+,43-34+. The summed E-state index contributed by atoms with van der Waals surface area (Å²) < 4.78 is 9.94. The van der Waals surface area contributed by atoms with Gasteiger partial charge in [-0.05, 0) is 107 Å². The molecule has 0 bridgehead atoms. The van der Waals surface area contributed by atoms with Gasteiger partial charge in [0.1, 0.15) is 6.61 Å². The summed E-state index contributed by atoms with van der Waals surface area (Å²) in [6, 6.07) is 0. The summed E-state index contributed by atoms with van der Waals surface area (Å²) in [5.41, 5.74) is 9.62. The summed E-state index contributed by atoms with van der Waals surface area (Å²) in [5, 5.41) is 0. The topological polar surface area (TPSA) is 52.6 Å². The minimum absolute atomic E-state index is 0.284. The zero-order valence-corrected chi connectivity index (χ0v) is 32.0. The van der Waals surface area contributed by atoms with Gasteiger partial charge in [0.2, 0.25) is 0 Å². The third-order valence-corrected chi connectivity index (χ3v) is 7.24. The van der Waals surface area contributed by atoms with Crippen LogP contribution in [0, 0.1) is 0 Å². The molecule has 0 aliphatic rings. The Morgan fingerprint density at radius 3 is 1.29 bits per heavy atom. The predicted octanol–water partition coefficient (Wildman–Crippen LogP) is 12.4. The number of hydrogen-bond donors (Lipinski definition) is 0. The van der Waals surface area contributed by atoms with E-state index in [1.54, 1.807) is 12.2 Å². The first-order valence-corrected chi connectivity index (χ1v) is 17.2. The van der Waals surface area contributed by atoms with Crippen LogP contribution in [-0.2, 0) is 19.1 Å². The van der Waals surface area contributed by atoms with Crippen molar-refractivity contribution >= 4 is 11.9 Å². The number of ether oxygens (including phenoxy) is 2. The molecule has 4 nitrogen and oxygen atoms in total. The number of carbonyl (C=O) groups excluding carboxylic acids is 2. The van der Waals surface area contributed by atoms with Crippen molar-refractivity contribution in [1.82, 2.24) is 0 Å². The molecule has 0 unspecified atom stereocenters. The van der Waals surface area contributed by atoms with Crippen molar-refractivity contribution < 1.29 is 19.1 Å². The zero-order valence-electron chi connectivity index (χ0n) is 32.0. The van der Waals surface area contributed by atoms with Gasteiger partial charge in [-0.1, -0.05) is 136 Å². The van der Waals surface area contributed by atoms with Gasteiger partial charge in [0, 0.05) is 12.2 Å². The van der Waals surface area contributed by atoms with Crippen LogP contribution in [0.15, 0.2) is 154 Å². The average Bonchev–Trinajstić information content (AvgIpc) is 3.04. The van der Waals surface area contributed by atoms with Crippen LogP contribution < -0.4 is 0 Å².